The number of carbonyl (C=O) groups is 1. The molecule has 0 spiro atoms. The largest absolute Gasteiger partial charge is 0.470 e. The molecule has 1 atom stereocenters. The quantitative estimate of drug-likeness (QED) is 0.702. The summed E-state index contributed by atoms with van der Waals surface area (Å²) in [5.74, 6) is 0.0843. The lowest BCUT2D eigenvalue weighted by Gasteiger charge is -2.31. The first-order valence-corrected chi connectivity index (χ1v) is 9.35. The predicted molar refractivity (Wildman–Crippen MR) is 101 cm³/mol. The van der Waals surface area contributed by atoms with Gasteiger partial charge in [-0.15, -0.1) is 0 Å². The summed E-state index contributed by atoms with van der Waals surface area (Å²) in [7, 11) is 0. The predicted octanol–water partition coefficient (Wildman–Crippen LogP) is 2.73. The Balaban J connectivity index is 1.49. The minimum absolute atomic E-state index is 0.0669. The van der Waals surface area contributed by atoms with E-state index in [4.69, 9.17) is 4.74 Å². The summed E-state index contributed by atoms with van der Waals surface area (Å²) in [6.07, 6.45) is 3.46. The molecule has 1 fully saturated rings. The number of nitrogens with zero attached hydrogens (tertiary/aromatic N) is 3. The number of carbonyl (C=O) groups excluding carboxylic acids is 1. The van der Waals surface area contributed by atoms with Crippen molar-refractivity contribution in [2.45, 2.75) is 32.0 Å². The van der Waals surface area contributed by atoms with Crippen LogP contribution < -0.4 is 10.3 Å². The average molecular weight is 379 g/mol. The molecule has 2 aliphatic heterocycles. The van der Waals surface area contributed by atoms with E-state index in [1.807, 2.05) is 6.07 Å². The summed E-state index contributed by atoms with van der Waals surface area (Å²) in [5, 5.41) is 0.416. The molecule has 2 aliphatic rings. The first kappa shape index (κ1) is 16.9. The maximum absolute atomic E-state index is 13.3. The molecule has 1 amide bonds. The van der Waals surface area contributed by atoms with Gasteiger partial charge in [-0.2, -0.15) is 0 Å². The first-order valence-electron chi connectivity index (χ1n) is 9.35. The van der Waals surface area contributed by atoms with Gasteiger partial charge in [0.1, 0.15) is 11.6 Å². The zero-order valence-corrected chi connectivity index (χ0v) is 15.1. The monoisotopic (exact) mass is 379 g/mol. The van der Waals surface area contributed by atoms with Gasteiger partial charge in [-0.3, -0.25) is 14.2 Å². The van der Waals surface area contributed by atoms with Crippen molar-refractivity contribution in [3.8, 4) is 5.75 Å². The Bertz CT molecular complexity index is 1160. The second kappa shape index (κ2) is 6.44. The normalized spacial score (nSPS) is 18.1. The van der Waals surface area contributed by atoms with E-state index in [1.165, 1.54) is 23.0 Å². The van der Waals surface area contributed by atoms with Gasteiger partial charge in [0.15, 0.2) is 6.23 Å². The lowest BCUT2D eigenvalue weighted by molar-refractivity contribution is 0.0295. The summed E-state index contributed by atoms with van der Waals surface area (Å²) < 4.78 is 20.8. The van der Waals surface area contributed by atoms with Crippen LogP contribution in [0.2, 0.25) is 0 Å². The molecule has 0 saturated carbocycles. The zero-order valence-electron chi connectivity index (χ0n) is 15.1. The lowest BCUT2D eigenvalue weighted by atomic mass is 10.1. The van der Waals surface area contributed by atoms with Crippen molar-refractivity contribution in [1.29, 1.82) is 0 Å². The number of benzene rings is 2. The fraction of sp³-hybridized carbons (Fsp3) is 0.286. The Kier molecular flexibility index (Phi) is 3.89. The van der Waals surface area contributed by atoms with E-state index in [0.29, 0.717) is 41.7 Å². The first-order chi connectivity index (χ1) is 13.6. The van der Waals surface area contributed by atoms with Crippen LogP contribution in [0.15, 0.2) is 47.5 Å². The summed E-state index contributed by atoms with van der Waals surface area (Å²) >= 11 is 0. The van der Waals surface area contributed by atoms with Crippen molar-refractivity contribution >= 4 is 16.8 Å². The lowest BCUT2D eigenvalue weighted by Crippen LogP contribution is -2.43. The molecular weight excluding hydrogens is 361 g/mol. The van der Waals surface area contributed by atoms with Gasteiger partial charge >= 0.3 is 0 Å². The maximum Gasteiger partial charge on any atom is 0.261 e. The van der Waals surface area contributed by atoms with Gasteiger partial charge < -0.3 is 9.64 Å². The van der Waals surface area contributed by atoms with E-state index in [1.54, 1.807) is 23.1 Å². The van der Waals surface area contributed by atoms with Gasteiger partial charge in [0.2, 0.25) is 0 Å². The van der Waals surface area contributed by atoms with Gasteiger partial charge in [0.25, 0.3) is 11.5 Å². The number of fused-ring (bicyclic) bond motifs is 3. The second-order valence-electron chi connectivity index (χ2n) is 7.20. The Hall–Kier alpha value is -3.22. The van der Waals surface area contributed by atoms with Crippen LogP contribution in [0.4, 0.5) is 4.39 Å². The number of hydrogen-bond acceptors (Lipinski definition) is 4. The van der Waals surface area contributed by atoms with Gasteiger partial charge in [-0.25, -0.2) is 9.37 Å². The Labute approximate surface area is 160 Å². The third kappa shape index (κ3) is 2.74. The van der Waals surface area contributed by atoms with Gasteiger partial charge in [-0.1, -0.05) is 12.1 Å². The Morgan fingerprint density at radius 2 is 2.11 bits per heavy atom. The van der Waals surface area contributed by atoms with Crippen molar-refractivity contribution in [3.05, 3.63) is 70.0 Å². The maximum atomic E-state index is 13.3. The molecule has 0 aliphatic carbocycles. The highest BCUT2D eigenvalue weighted by atomic mass is 19.1. The second-order valence-corrected chi connectivity index (χ2v) is 7.20. The Morgan fingerprint density at radius 1 is 1.21 bits per heavy atom. The summed E-state index contributed by atoms with van der Waals surface area (Å²) in [6, 6.07) is 9.60. The third-order valence-electron chi connectivity index (χ3n) is 5.41. The van der Waals surface area contributed by atoms with Crippen LogP contribution in [0, 0.1) is 5.82 Å². The fourth-order valence-corrected chi connectivity index (χ4v) is 3.94. The topological polar surface area (TPSA) is 64.4 Å². The standard InChI is InChI=1S/C21H18FN3O3/c22-14-4-1-3-13(9-14)6-8-24-12-23-17-10-16-18(11-15(17)20(24)26)28-19-5-2-7-25(19)21(16)27/h1,3-4,9-12,19H,2,5-8H2. The summed E-state index contributed by atoms with van der Waals surface area (Å²) in [4.78, 5) is 31.7. The van der Waals surface area contributed by atoms with Crippen molar-refractivity contribution < 1.29 is 13.9 Å². The molecule has 7 heteroatoms. The van der Waals surface area contributed by atoms with E-state index >= 15 is 0 Å². The molecule has 0 bridgehead atoms. The minimum Gasteiger partial charge on any atom is -0.470 e. The number of rotatable bonds is 3. The average Bonchev–Trinajstić information content (AvgIpc) is 3.16. The van der Waals surface area contributed by atoms with Crippen molar-refractivity contribution in [3.63, 3.8) is 0 Å². The van der Waals surface area contributed by atoms with E-state index in [9.17, 15) is 14.0 Å². The third-order valence-corrected chi connectivity index (χ3v) is 5.41. The van der Waals surface area contributed by atoms with E-state index in [0.717, 1.165) is 18.4 Å². The molecule has 3 heterocycles. The molecule has 1 unspecified atom stereocenters. The number of hydrogen-bond donors (Lipinski definition) is 0. The van der Waals surface area contributed by atoms with Crippen LogP contribution in [-0.4, -0.2) is 33.1 Å². The molecule has 0 N–H and O–H groups in total. The molecule has 5 rings (SSSR count). The van der Waals surface area contributed by atoms with Gasteiger partial charge in [-0.05, 0) is 42.7 Å². The molecular formula is C21H18FN3O3. The number of ether oxygens (including phenoxy) is 1. The molecule has 142 valence electrons. The summed E-state index contributed by atoms with van der Waals surface area (Å²) in [5.41, 5.74) is 1.54. The van der Waals surface area contributed by atoms with Crippen LogP contribution in [-0.2, 0) is 13.0 Å². The molecule has 3 aromatic rings. The smallest absolute Gasteiger partial charge is 0.261 e. The van der Waals surface area contributed by atoms with Crippen molar-refractivity contribution in [2.24, 2.45) is 0 Å². The molecule has 28 heavy (non-hydrogen) atoms. The number of aryl methyl sites for hydroxylation is 2. The van der Waals surface area contributed by atoms with E-state index in [-0.39, 0.29) is 23.5 Å². The fourth-order valence-electron chi connectivity index (χ4n) is 3.94. The van der Waals surface area contributed by atoms with Gasteiger partial charge in [0, 0.05) is 19.5 Å². The van der Waals surface area contributed by atoms with Crippen LogP contribution in [0.1, 0.15) is 28.8 Å². The molecule has 6 nitrogen and oxygen atoms in total. The highest BCUT2D eigenvalue weighted by molar-refractivity contribution is 6.01. The highest BCUT2D eigenvalue weighted by Crippen LogP contribution is 2.34. The molecule has 1 saturated heterocycles. The number of aromatic nitrogens is 2. The van der Waals surface area contributed by atoms with Gasteiger partial charge in [0.05, 0.1) is 22.8 Å². The minimum atomic E-state index is -0.295. The van der Waals surface area contributed by atoms with Crippen molar-refractivity contribution in [1.82, 2.24) is 14.5 Å². The molecule has 2 aromatic carbocycles. The van der Waals surface area contributed by atoms with Crippen LogP contribution in [0.5, 0.6) is 5.75 Å². The number of amides is 1. The summed E-state index contributed by atoms with van der Waals surface area (Å²) in [6.45, 7) is 1.08. The SMILES string of the molecule is O=C1c2cc3ncn(CCc4cccc(F)c4)c(=O)c3cc2OC2CCCN12. The highest BCUT2D eigenvalue weighted by Gasteiger charge is 2.37. The number of halogens is 1. The zero-order chi connectivity index (χ0) is 19.3. The van der Waals surface area contributed by atoms with Crippen LogP contribution in [0.3, 0.4) is 0 Å². The molecule has 0 radical (unpaired) electrons. The van der Waals surface area contributed by atoms with Crippen LogP contribution >= 0.6 is 0 Å². The molecule has 1 aromatic heterocycles. The van der Waals surface area contributed by atoms with Crippen molar-refractivity contribution in [2.75, 3.05) is 6.54 Å². The van der Waals surface area contributed by atoms with E-state index in [2.05, 4.69) is 4.98 Å². The Morgan fingerprint density at radius 3 is 2.96 bits per heavy atom. The van der Waals surface area contributed by atoms with Crippen LogP contribution in [0.25, 0.3) is 10.9 Å². The van der Waals surface area contributed by atoms with E-state index < -0.39 is 0 Å².